The molecule has 1 aliphatic carbocycles. The SMILES string of the molecule is Cl.NC1(C(=O)NCCCCOc2ccc(F)cc2)CC1. The van der Waals surface area contributed by atoms with Crippen molar-refractivity contribution in [3.63, 3.8) is 0 Å². The smallest absolute Gasteiger partial charge is 0.240 e. The van der Waals surface area contributed by atoms with Crippen molar-refractivity contribution in [3.05, 3.63) is 30.1 Å². The molecule has 0 aliphatic heterocycles. The Balaban J connectivity index is 0.00000200. The number of ether oxygens (including phenoxy) is 1. The quantitative estimate of drug-likeness (QED) is 0.757. The van der Waals surface area contributed by atoms with Crippen LogP contribution in [-0.2, 0) is 4.79 Å². The van der Waals surface area contributed by atoms with Crippen LogP contribution in [0.4, 0.5) is 4.39 Å². The summed E-state index contributed by atoms with van der Waals surface area (Å²) in [6, 6.07) is 5.93. The number of carbonyl (C=O) groups excluding carboxylic acids is 1. The molecule has 1 aliphatic rings. The highest BCUT2D eigenvalue weighted by atomic mass is 35.5. The minimum atomic E-state index is -0.593. The third-order valence-electron chi connectivity index (χ3n) is 3.18. The zero-order valence-electron chi connectivity index (χ0n) is 11.2. The molecule has 0 atom stereocenters. The highest BCUT2D eigenvalue weighted by Gasteiger charge is 2.45. The molecule has 0 radical (unpaired) electrons. The number of unbranched alkanes of at least 4 members (excludes halogenated alkanes) is 1. The lowest BCUT2D eigenvalue weighted by Crippen LogP contribution is -2.43. The molecule has 3 N–H and O–H groups in total. The van der Waals surface area contributed by atoms with Gasteiger partial charge < -0.3 is 15.8 Å². The van der Waals surface area contributed by atoms with E-state index in [0.29, 0.717) is 18.9 Å². The van der Waals surface area contributed by atoms with Crippen LogP contribution in [0.2, 0.25) is 0 Å². The van der Waals surface area contributed by atoms with E-state index >= 15 is 0 Å². The van der Waals surface area contributed by atoms with Gasteiger partial charge in [-0.2, -0.15) is 0 Å². The van der Waals surface area contributed by atoms with E-state index in [4.69, 9.17) is 10.5 Å². The number of nitrogens with one attached hydrogen (secondary N) is 1. The average Bonchev–Trinajstić information content (AvgIpc) is 3.15. The Kier molecular flexibility index (Phi) is 6.23. The molecule has 0 heterocycles. The molecule has 2 rings (SSSR count). The van der Waals surface area contributed by atoms with E-state index in [2.05, 4.69) is 5.32 Å². The maximum atomic E-state index is 12.6. The van der Waals surface area contributed by atoms with Crippen molar-refractivity contribution in [3.8, 4) is 5.75 Å². The Morgan fingerprint density at radius 3 is 2.55 bits per heavy atom. The van der Waals surface area contributed by atoms with E-state index in [1.54, 1.807) is 12.1 Å². The normalized spacial score (nSPS) is 15.1. The molecule has 0 unspecified atom stereocenters. The van der Waals surface area contributed by atoms with Crippen molar-refractivity contribution in [1.29, 1.82) is 0 Å². The van der Waals surface area contributed by atoms with E-state index in [-0.39, 0.29) is 24.1 Å². The van der Waals surface area contributed by atoms with Crippen LogP contribution in [0, 0.1) is 5.82 Å². The molecule has 6 heteroatoms. The maximum absolute atomic E-state index is 12.6. The van der Waals surface area contributed by atoms with Gasteiger partial charge in [0.1, 0.15) is 11.6 Å². The van der Waals surface area contributed by atoms with Crippen LogP contribution in [0.15, 0.2) is 24.3 Å². The highest BCUT2D eigenvalue weighted by molar-refractivity contribution is 5.88. The van der Waals surface area contributed by atoms with Gasteiger partial charge in [-0.05, 0) is 49.9 Å². The van der Waals surface area contributed by atoms with Gasteiger partial charge >= 0.3 is 0 Å². The summed E-state index contributed by atoms with van der Waals surface area (Å²) in [5.74, 6) is 0.335. The highest BCUT2D eigenvalue weighted by Crippen LogP contribution is 2.31. The van der Waals surface area contributed by atoms with Crippen molar-refractivity contribution >= 4 is 18.3 Å². The molecule has 4 nitrogen and oxygen atoms in total. The molecule has 20 heavy (non-hydrogen) atoms. The molecule has 1 fully saturated rings. The summed E-state index contributed by atoms with van der Waals surface area (Å²) < 4.78 is 18.1. The summed E-state index contributed by atoms with van der Waals surface area (Å²) in [5, 5.41) is 2.82. The zero-order chi connectivity index (χ0) is 13.7. The summed E-state index contributed by atoms with van der Waals surface area (Å²) in [4.78, 5) is 11.5. The number of hydrogen-bond donors (Lipinski definition) is 2. The van der Waals surface area contributed by atoms with Gasteiger partial charge in [0.2, 0.25) is 5.91 Å². The standard InChI is InChI=1S/C14H19FN2O2.ClH/c15-11-3-5-12(6-4-11)19-10-2-1-9-17-13(18)14(16)7-8-14;/h3-6H,1-2,7-10,16H2,(H,17,18);1H. The molecule has 0 bridgehead atoms. The number of rotatable bonds is 7. The van der Waals surface area contributed by atoms with Gasteiger partial charge in [-0.3, -0.25) is 4.79 Å². The number of hydrogen-bond acceptors (Lipinski definition) is 3. The molecule has 1 aromatic rings. The molecule has 0 aromatic heterocycles. The topological polar surface area (TPSA) is 64.4 Å². The number of nitrogens with two attached hydrogens (primary N) is 1. The van der Waals surface area contributed by atoms with Gasteiger partial charge in [-0.1, -0.05) is 0 Å². The lowest BCUT2D eigenvalue weighted by Gasteiger charge is -2.10. The fourth-order valence-electron chi connectivity index (χ4n) is 1.69. The van der Waals surface area contributed by atoms with Crippen LogP contribution >= 0.6 is 12.4 Å². The number of amides is 1. The molecule has 112 valence electrons. The third-order valence-corrected chi connectivity index (χ3v) is 3.18. The van der Waals surface area contributed by atoms with E-state index in [0.717, 1.165) is 25.7 Å². The van der Waals surface area contributed by atoms with Crippen LogP contribution < -0.4 is 15.8 Å². The van der Waals surface area contributed by atoms with Crippen LogP contribution in [0.1, 0.15) is 25.7 Å². The van der Waals surface area contributed by atoms with Crippen LogP contribution in [0.3, 0.4) is 0 Å². The summed E-state index contributed by atoms with van der Waals surface area (Å²) in [5.41, 5.74) is 5.16. The predicted molar refractivity (Wildman–Crippen MR) is 77.5 cm³/mol. The number of benzene rings is 1. The minimum absolute atomic E-state index is 0. The molecule has 1 amide bonds. The van der Waals surface area contributed by atoms with E-state index in [1.165, 1.54) is 12.1 Å². The van der Waals surface area contributed by atoms with Gasteiger partial charge in [0.15, 0.2) is 0 Å². The summed E-state index contributed by atoms with van der Waals surface area (Å²) in [7, 11) is 0. The fourth-order valence-corrected chi connectivity index (χ4v) is 1.69. The molecule has 1 aromatic carbocycles. The molecule has 0 saturated heterocycles. The van der Waals surface area contributed by atoms with Gasteiger partial charge in [-0.15, -0.1) is 12.4 Å². The fraction of sp³-hybridized carbons (Fsp3) is 0.500. The van der Waals surface area contributed by atoms with Crippen molar-refractivity contribution in [2.75, 3.05) is 13.2 Å². The van der Waals surface area contributed by atoms with Gasteiger partial charge in [0.05, 0.1) is 12.1 Å². The Bertz CT molecular complexity index is 435. The number of carbonyl (C=O) groups is 1. The Hall–Kier alpha value is -1.33. The first-order chi connectivity index (χ1) is 9.10. The Labute approximate surface area is 124 Å². The second-order valence-corrected chi connectivity index (χ2v) is 4.92. The van der Waals surface area contributed by atoms with Gasteiger partial charge in [-0.25, -0.2) is 4.39 Å². The van der Waals surface area contributed by atoms with Crippen molar-refractivity contribution in [2.24, 2.45) is 5.73 Å². The lowest BCUT2D eigenvalue weighted by molar-refractivity contribution is -0.123. The van der Waals surface area contributed by atoms with Crippen molar-refractivity contribution < 1.29 is 13.9 Å². The van der Waals surface area contributed by atoms with Crippen LogP contribution in [0.25, 0.3) is 0 Å². The summed E-state index contributed by atoms with van der Waals surface area (Å²) in [6.45, 7) is 1.17. The first-order valence-corrected chi connectivity index (χ1v) is 6.56. The second-order valence-electron chi connectivity index (χ2n) is 4.92. The van der Waals surface area contributed by atoms with E-state index < -0.39 is 5.54 Å². The van der Waals surface area contributed by atoms with Crippen LogP contribution in [0.5, 0.6) is 5.75 Å². The molecule has 1 saturated carbocycles. The molecule has 0 spiro atoms. The Morgan fingerprint density at radius 2 is 1.95 bits per heavy atom. The molecular formula is C14H20ClFN2O2. The largest absolute Gasteiger partial charge is 0.494 e. The lowest BCUT2D eigenvalue weighted by atomic mass is 10.2. The van der Waals surface area contributed by atoms with Crippen molar-refractivity contribution in [1.82, 2.24) is 5.32 Å². The monoisotopic (exact) mass is 302 g/mol. The van der Waals surface area contributed by atoms with Crippen LogP contribution in [-0.4, -0.2) is 24.6 Å². The third kappa shape index (κ3) is 4.98. The predicted octanol–water partition coefficient (Wildman–Crippen LogP) is 2.01. The van der Waals surface area contributed by atoms with E-state index in [9.17, 15) is 9.18 Å². The number of halogens is 2. The van der Waals surface area contributed by atoms with Crippen molar-refractivity contribution in [2.45, 2.75) is 31.2 Å². The summed E-state index contributed by atoms with van der Waals surface area (Å²) in [6.07, 6.45) is 3.23. The van der Waals surface area contributed by atoms with E-state index in [1.807, 2.05) is 0 Å². The van der Waals surface area contributed by atoms with Gasteiger partial charge in [0.25, 0.3) is 0 Å². The summed E-state index contributed by atoms with van der Waals surface area (Å²) >= 11 is 0. The Morgan fingerprint density at radius 1 is 1.30 bits per heavy atom. The second kappa shape index (κ2) is 7.45. The zero-order valence-corrected chi connectivity index (χ0v) is 12.0. The molecular weight excluding hydrogens is 283 g/mol. The first kappa shape index (κ1) is 16.7. The first-order valence-electron chi connectivity index (χ1n) is 6.56. The maximum Gasteiger partial charge on any atom is 0.240 e. The minimum Gasteiger partial charge on any atom is -0.494 e. The average molecular weight is 303 g/mol. The van der Waals surface area contributed by atoms with Gasteiger partial charge in [0, 0.05) is 6.54 Å².